The second-order valence-electron chi connectivity index (χ2n) is 5.96. The summed E-state index contributed by atoms with van der Waals surface area (Å²) in [6.45, 7) is 1.80. The van der Waals surface area contributed by atoms with Crippen molar-refractivity contribution in [2.45, 2.75) is 51.1 Å². The molecule has 2 heterocycles. The van der Waals surface area contributed by atoms with E-state index in [0.29, 0.717) is 12.3 Å². The molecule has 1 aliphatic carbocycles. The number of carbonyl (C=O) groups is 2. The Labute approximate surface area is 123 Å². The zero-order valence-electron chi connectivity index (χ0n) is 12.0. The molecule has 1 aliphatic heterocycles. The molecule has 1 N–H and O–H groups in total. The van der Waals surface area contributed by atoms with Crippen molar-refractivity contribution in [1.82, 2.24) is 14.9 Å². The molecule has 0 spiro atoms. The Hall–Kier alpha value is -1.98. The van der Waals surface area contributed by atoms with Gasteiger partial charge >= 0.3 is 5.97 Å². The molecule has 0 aromatic carbocycles. The van der Waals surface area contributed by atoms with Crippen LogP contribution in [0, 0.1) is 12.8 Å². The van der Waals surface area contributed by atoms with E-state index in [1.807, 2.05) is 0 Å². The predicted molar refractivity (Wildman–Crippen MR) is 74.7 cm³/mol. The smallest absolute Gasteiger partial charge is 0.326 e. The normalized spacial score (nSPS) is 28.2. The van der Waals surface area contributed by atoms with Crippen molar-refractivity contribution in [3.05, 3.63) is 23.8 Å². The number of nitrogens with zero attached hydrogens (tertiary/aromatic N) is 3. The van der Waals surface area contributed by atoms with Gasteiger partial charge in [0.05, 0.1) is 11.9 Å². The highest BCUT2D eigenvalue weighted by Gasteiger charge is 2.47. The van der Waals surface area contributed by atoms with Crippen molar-refractivity contribution in [1.29, 1.82) is 0 Å². The molecule has 112 valence electrons. The van der Waals surface area contributed by atoms with Gasteiger partial charge in [-0.3, -0.25) is 9.78 Å². The molecule has 1 saturated carbocycles. The molecule has 21 heavy (non-hydrogen) atoms. The number of amides is 1. The Kier molecular flexibility index (Phi) is 3.61. The summed E-state index contributed by atoms with van der Waals surface area (Å²) in [4.78, 5) is 33.9. The second-order valence-corrected chi connectivity index (χ2v) is 5.96. The molecule has 6 heteroatoms. The fourth-order valence-corrected chi connectivity index (χ4v) is 3.61. The Morgan fingerprint density at radius 2 is 2.00 bits per heavy atom. The maximum absolute atomic E-state index is 12.7. The third-order valence-corrected chi connectivity index (χ3v) is 4.61. The van der Waals surface area contributed by atoms with Gasteiger partial charge in [-0.1, -0.05) is 12.8 Å². The number of likely N-dealkylation sites (tertiary alicyclic amines) is 1. The Morgan fingerprint density at radius 3 is 2.67 bits per heavy atom. The Morgan fingerprint density at radius 1 is 1.24 bits per heavy atom. The summed E-state index contributed by atoms with van der Waals surface area (Å²) in [6.07, 6.45) is 7.61. The number of hydrogen-bond acceptors (Lipinski definition) is 4. The molecule has 1 saturated heterocycles. The van der Waals surface area contributed by atoms with Crippen molar-refractivity contribution in [3.63, 3.8) is 0 Å². The van der Waals surface area contributed by atoms with Gasteiger partial charge in [-0.15, -0.1) is 0 Å². The monoisotopic (exact) mass is 289 g/mol. The van der Waals surface area contributed by atoms with Gasteiger partial charge in [-0.05, 0) is 32.1 Å². The van der Waals surface area contributed by atoms with E-state index in [1.54, 1.807) is 11.8 Å². The second kappa shape index (κ2) is 5.42. The molecule has 2 aliphatic rings. The van der Waals surface area contributed by atoms with Crippen LogP contribution in [0.2, 0.25) is 0 Å². The number of carbonyl (C=O) groups excluding carboxylic acids is 1. The third-order valence-electron chi connectivity index (χ3n) is 4.61. The zero-order chi connectivity index (χ0) is 15.0. The molecule has 1 aromatic rings. The molecular weight excluding hydrogens is 270 g/mol. The van der Waals surface area contributed by atoms with Gasteiger partial charge in [0, 0.05) is 12.2 Å². The van der Waals surface area contributed by atoms with Crippen LogP contribution in [0.25, 0.3) is 0 Å². The van der Waals surface area contributed by atoms with Gasteiger partial charge in [-0.25, -0.2) is 9.78 Å². The fraction of sp³-hybridized carbons (Fsp3) is 0.600. The summed E-state index contributed by atoms with van der Waals surface area (Å²) >= 11 is 0. The first kappa shape index (κ1) is 14.0. The standard InChI is InChI=1S/C15H19N3O3/c1-9-7-17-11(8-16-9)14(19)18-12-5-3-2-4-10(12)6-13(18)15(20)21/h7-8,10,12-13H,2-6H2,1H3,(H,20,21)/t10-,12-,13+/m1/s1. The van der Waals surface area contributed by atoms with Crippen molar-refractivity contribution >= 4 is 11.9 Å². The quantitative estimate of drug-likeness (QED) is 0.895. The maximum atomic E-state index is 12.7. The van der Waals surface area contributed by atoms with Crippen molar-refractivity contribution in [3.8, 4) is 0 Å². The lowest BCUT2D eigenvalue weighted by Crippen LogP contribution is -2.46. The van der Waals surface area contributed by atoms with Crippen LogP contribution in [-0.2, 0) is 4.79 Å². The number of carboxylic acid groups (broad SMARTS) is 1. The van der Waals surface area contributed by atoms with Gasteiger partial charge in [0.15, 0.2) is 0 Å². The Balaban J connectivity index is 1.90. The van der Waals surface area contributed by atoms with Crippen LogP contribution in [0.1, 0.15) is 48.3 Å². The third kappa shape index (κ3) is 2.50. The molecule has 0 radical (unpaired) electrons. The van der Waals surface area contributed by atoms with E-state index in [9.17, 15) is 14.7 Å². The van der Waals surface area contributed by atoms with Crippen LogP contribution < -0.4 is 0 Å². The van der Waals surface area contributed by atoms with E-state index >= 15 is 0 Å². The molecular formula is C15H19N3O3. The number of aryl methyl sites for hydroxylation is 1. The maximum Gasteiger partial charge on any atom is 0.326 e. The number of aliphatic carboxylic acids is 1. The average Bonchev–Trinajstić information content (AvgIpc) is 2.87. The summed E-state index contributed by atoms with van der Waals surface area (Å²) in [6, 6.07) is -0.691. The molecule has 1 aromatic heterocycles. The molecule has 0 unspecified atom stereocenters. The van der Waals surface area contributed by atoms with Gasteiger partial charge < -0.3 is 10.0 Å². The van der Waals surface area contributed by atoms with Crippen LogP contribution >= 0.6 is 0 Å². The van der Waals surface area contributed by atoms with Crippen molar-refractivity contribution in [2.24, 2.45) is 5.92 Å². The van der Waals surface area contributed by atoms with Crippen LogP contribution in [-0.4, -0.2) is 43.9 Å². The van der Waals surface area contributed by atoms with E-state index in [2.05, 4.69) is 9.97 Å². The van der Waals surface area contributed by atoms with Crippen molar-refractivity contribution < 1.29 is 14.7 Å². The number of rotatable bonds is 2. The minimum absolute atomic E-state index is 0.0375. The summed E-state index contributed by atoms with van der Waals surface area (Å²) < 4.78 is 0. The first-order valence-corrected chi connectivity index (χ1v) is 7.42. The highest BCUT2D eigenvalue weighted by molar-refractivity contribution is 5.95. The number of fused-ring (bicyclic) bond motifs is 1. The fourth-order valence-electron chi connectivity index (χ4n) is 3.61. The largest absolute Gasteiger partial charge is 0.480 e. The van der Waals surface area contributed by atoms with Gasteiger partial charge in [0.1, 0.15) is 11.7 Å². The lowest BCUT2D eigenvalue weighted by atomic mass is 9.84. The molecule has 3 rings (SSSR count). The first-order valence-electron chi connectivity index (χ1n) is 7.42. The lowest BCUT2D eigenvalue weighted by molar-refractivity contribution is -0.141. The number of hydrogen-bond donors (Lipinski definition) is 1. The first-order chi connectivity index (χ1) is 10.1. The Bertz CT molecular complexity index is 558. The van der Waals surface area contributed by atoms with Crippen LogP contribution in [0.3, 0.4) is 0 Å². The van der Waals surface area contributed by atoms with Gasteiger partial charge in [0.2, 0.25) is 0 Å². The highest BCUT2D eigenvalue weighted by Crippen LogP contribution is 2.40. The van der Waals surface area contributed by atoms with Crippen LogP contribution in [0.15, 0.2) is 12.4 Å². The molecule has 3 atom stereocenters. The van der Waals surface area contributed by atoms with E-state index in [0.717, 1.165) is 31.4 Å². The molecule has 6 nitrogen and oxygen atoms in total. The summed E-state index contributed by atoms with van der Waals surface area (Å²) in [5.74, 6) is -0.913. The van der Waals surface area contributed by atoms with E-state index in [1.165, 1.54) is 12.4 Å². The van der Waals surface area contributed by atoms with Crippen LogP contribution in [0.4, 0.5) is 0 Å². The van der Waals surface area contributed by atoms with Crippen LogP contribution in [0.5, 0.6) is 0 Å². The molecule has 0 bridgehead atoms. The van der Waals surface area contributed by atoms with Gasteiger partial charge in [-0.2, -0.15) is 0 Å². The van der Waals surface area contributed by atoms with E-state index in [-0.39, 0.29) is 17.6 Å². The SMILES string of the molecule is Cc1cnc(C(=O)N2[C@@H]3CCCC[C@@H]3C[C@H]2C(=O)O)cn1. The predicted octanol–water partition coefficient (Wildman–Crippen LogP) is 1.64. The minimum atomic E-state index is -0.919. The zero-order valence-corrected chi connectivity index (χ0v) is 12.0. The topological polar surface area (TPSA) is 83.4 Å². The summed E-state index contributed by atoms with van der Waals surface area (Å²) in [5, 5.41) is 9.44. The molecule has 1 amide bonds. The highest BCUT2D eigenvalue weighted by atomic mass is 16.4. The summed E-state index contributed by atoms with van der Waals surface area (Å²) in [5.41, 5.74) is 0.969. The molecule has 2 fully saturated rings. The number of aromatic nitrogens is 2. The number of carboxylic acids is 1. The van der Waals surface area contributed by atoms with E-state index < -0.39 is 12.0 Å². The lowest BCUT2D eigenvalue weighted by Gasteiger charge is -2.32. The van der Waals surface area contributed by atoms with Gasteiger partial charge in [0.25, 0.3) is 5.91 Å². The van der Waals surface area contributed by atoms with E-state index in [4.69, 9.17) is 0 Å². The summed E-state index contributed by atoms with van der Waals surface area (Å²) in [7, 11) is 0. The van der Waals surface area contributed by atoms with Crippen molar-refractivity contribution in [2.75, 3.05) is 0 Å². The minimum Gasteiger partial charge on any atom is -0.480 e. The average molecular weight is 289 g/mol.